The molecular formula is C17H12BrN5. The minimum absolute atomic E-state index is 0.549. The van der Waals surface area contributed by atoms with Gasteiger partial charge in [-0.1, -0.05) is 12.1 Å². The lowest BCUT2D eigenvalue weighted by Crippen LogP contribution is -1.98. The standard InChI is InChI=1S/C17H12BrN5/c18-13-5-1-2-6-15(13)23-17-20-9-7-14(22-17)12-10-21-16-11(12)4-3-8-19-16/h1-10H,(H,19,21)(H,20,22,23). The van der Waals surface area contributed by atoms with Crippen molar-refractivity contribution in [2.24, 2.45) is 0 Å². The van der Waals surface area contributed by atoms with Gasteiger partial charge in [-0.15, -0.1) is 0 Å². The Balaban J connectivity index is 1.73. The molecule has 0 aliphatic rings. The van der Waals surface area contributed by atoms with Crippen LogP contribution in [0.3, 0.4) is 0 Å². The van der Waals surface area contributed by atoms with E-state index in [4.69, 9.17) is 0 Å². The molecule has 0 radical (unpaired) electrons. The van der Waals surface area contributed by atoms with E-state index in [1.54, 1.807) is 12.4 Å². The Hall–Kier alpha value is -2.73. The van der Waals surface area contributed by atoms with Crippen LogP contribution >= 0.6 is 15.9 Å². The first kappa shape index (κ1) is 13.9. The van der Waals surface area contributed by atoms with Crippen LogP contribution in [-0.4, -0.2) is 19.9 Å². The maximum absolute atomic E-state index is 4.61. The van der Waals surface area contributed by atoms with Crippen molar-refractivity contribution in [2.45, 2.75) is 0 Å². The number of fused-ring (bicyclic) bond motifs is 1. The molecule has 2 N–H and O–H groups in total. The summed E-state index contributed by atoms with van der Waals surface area (Å²) < 4.78 is 0.963. The summed E-state index contributed by atoms with van der Waals surface area (Å²) in [4.78, 5) is 16.4. The molecule has 112 valence electrons. The van der Waals surface area contributed by atoms with Crippen LogP contribution in [-0.2, 0) is 0 Å². The summed E-state index contributed by atoms with van der Waals surface area (Å²) in [5.41, 5.74) is 3.62. The molecule has 1 aromatic carbocycles. The van der Waals surface area contributed by atoms with E-state index in [2.05, 4.69) is 41.2 Å². The molecule has 0 aliphatic carbocycles. The average Bonchev–Trinajstić information content (AvgIpc) is 3.01. The SMILES string of the molecule is Brc1ccccc1Nc1nccc(-c2c[nH]c3ncccc23)n1. The second-order valence-electron chi connectivity index (χ2n) is 4.97. The number of anilines is 2. The minimum atomic E-state index is 0.549. The van der Waals surface area contributed by atoms with E-state index in [1.807, 2.05) is 48.7 Å². The molecule has 0 spiro atoms. The van der Waals surface area contributed by atoms with E-state index < -0.39 is 0 Å². The maximum Gasteiger partial charge on any atom is 0.227 e. The Morgan fingerprint density at radius 1 is 0.957 bits per heavy atom. The van der Waals surface area contributed by atoms with E-state index in [-0.39, 0.29) is 0 Å². The van der Waals surface area contributed by atoms with Crippen LogP contribution in [0.25, 0.3) is 22.3 Å². The molecule has 0 bridgehead atoms. The van der Waals surface area contributed by atoms with Crippen LogP contribution in [0.2, 0.25) is 0 Å². The van der Waals surface area contributed by atoms with Gasteiger partial charge in [-0.3, -0.25) is 0 Å². The van der Waals surface area contributed by atoms with Gasteiger partial charge in [0.15, 0.2) is 0 Å². The average molecular weight is 366 g/mol. The predicted molar refractivity (Wildman–Crippen MR) is 94.5 cm³/mol. The molecule has 4 aromatic rings. The zero-order valence-electron chi connectivity index (χ0n) is 12.0. The van der Waals surface area contributed by atoms with Crippen molar-refractivity contribution in [2.75, 3.05) is 5.32 Å². The first-order chi connectivity index (χ1) is 11.3. The number of halogens is 1. The number of rotatable bonds is 3. The molecule has 6 heteroatoms. The van der Waals surface area contributed by atoms with Gasteiger partial charge in [-0.05, 0) is 46.3 Å². The fraction of sp³-hybridized carbons (Fsp3) is 0. The Morgan fingerprint density at radius 2 is 1.87 bits per heavy atom. The largest absolute Gasteiger partial charge is 0.345 e. The monoisotopic (exact) mass is 365 g/mol. The van der Waals surface area contributed by atoms with Crippen molar-refractivity contribution in [3.63, 3.8) is 0 Å². The zero-order valence-corrected chi connectivity index (χ0v) is 13.6. The smallest absolute Gasteiger partial charge is 0.227 e. The molecule has 0 unspecified atom stereocenters. The zero-order chi connectivity index (χ0) is 15.6. The molecule has 3 heterocycles. The highest BCUT2D eigenvalue weighted by atomic mass is 79.9. The van der Waals surface area contributed by atoms with Crippen molar-refractivity contribution in [1.29, 1.82) is 0 Å². The van der Waals surface area contributed by atoms with Crippen molar-refractivity contribution < 1.29 is 0 Å². The first-order valence-corrected chi connectivity index (χ1v) is 7.87. The van der Waals surface area contributed by atoms with Gasteiger partial charge in [0.05, 0.1) is 11.4 Å². The molecule has 0 saturated carbocycles. The molecular weight excluding hydrogens is 354 g/mol. The predicted octanol–water partition coefficient (Wildman–Crippen LogP) is 4.53. The van der Waals surface area contributed by atoms with Crippen molar-refractivity contribution in [1.82, 2.24) is 19.9 Å². The van der Waals surface area contributed by atoms with Gasteiger partial charge in [-0.25, -0.2) is 15.0 Å². The summed E-state index contributed by atoms with van der Waals surface area (Å²) in [5.74, 6) is 0.549. The molecule has 0 fully saturated rings. The summed E-state index contributed by atoms with van der Waals surface area (Å²) in [6.07, 6.45) is 5.43. The van der Waals surface area contributed by atoms with Gasteiger partial charge in [0, 0.05) is 34.0 Å². The first-order valence-electron chi connectivity index (χ1n) is 7.08. The Kier molecular flexibility index (Phi) is 3.51. The number of hydrogen-bond acceptors (Lipinski definition) is 4. The Bertz CT molecular complexity index is 979. The molecule has 0 saturated heterocycles. The van der Waals surface area contributed by atoms with Crippen LogP contribution in [0.4, 0.5) is 11.6 Å². The van der Waals surface area contributed by atoms with E-state index in [1.165, 1.54) is 0 Å². The van der Waals surface area contributed by atoms with Gasteiger partial charge in [0.2, 0.25) is 5.95 Å². The number of aromatic amines is 1. The number of H-pyrrole nitrogens is 1. The van der Waals surface area contributed by atoms with Crippen LogP contribution in [0.1, 0.15) is 0 Å². The van der Waals surface area contributed by atoms with Gasteiger partial charge in [0.1, 0.15) is 5.65 Å². The number of benzene rings is 1. The number of aromatic nitrogens is 4. The number of nitrogens with one attached hydrogen (secondary N) is 2. The molecule has 5 nitrogen and oxygen atoms in total. The van der Waals surface area contributed by atoms with Crippen molar-refractivity contribution in [3.8, 4) is 11.3 Å². The van der Waals surface area contributed by atoms with Gasteiger partial charge >= 0.3 is 0 Å². The molecule has 23 heavy (non-hydrogen) atoms. The van der Waals surface area contributed by atoms with Crippen LogP contribution in [0.5, 0.6) is 0 Å². The van der Waals surface area contributed by atoms with E-state index in [9.17, 15) is 0 Å². The van der Waals surface area contributed by atoms with E-state index >= 15 is 0 Å². The second kappa shape index (κ2) is 5.81. The molecule has 0 amide bonds. The Labute approximate surface area is 141 Å². The highest BCUT2D eigenvalue weighted by molar-refractivity contribution is 9.10. The van der Waals surface area contributed by atoms with Gasteiger partial charge in [0.25, 0.3) is 0 Å². The summed E-state index contributed by atoms with van der Waals surface area (Å²) in [6, 6.07) is 13.7. The third-order valence-corrected chi connectivity index (χ3v) is 4.19. The van der Waals surface area contributed by atoms with E-state index in [0.717, 1.165) is 32.5 Å². The lowest BCUT2D eigenvalue weighted by Gasteiger charge is -2.07. The van der Waals surface area contributed by atoms with Crippen LogP contribution < -0.4 is 5.32 Å². The summed E-state index contributed by atoms with van der Waals surface area (Å²) in [7, 11) is 0. The minimum Gasteiger partial charge on any atom is -0.345 e. The summed E-state index contributed by atoms with van der Waals surface area (Å²) in [5, 5.41) is 4.27. The molecule has 0 atom stereocenters. The topological polar surface area (TPSA) is 66.5 Å². The van der Waals surface area contributed by atoms with Crippen LogP contribution in [0.15, 0.2) is 65.5 Å². The lowest BCUT2D eigenvalue weighted by molar-refractivity contribution is 1.17. The van der Waals surface area contributed by atoms with Gasteiger partial charge < -0.3 is 10.3 Å². The van der Waals surface area contributed by atoms with Crippen molar-refractivity contribution in [3.05, 3.63) is 65.5 Å². The number of nitrogens with zero attached hydrogens (tertiary/aromatic N) is 3. The molecule has 3 aromatic heterocycles. The fourth-order valence-corrected chi connectivity index (χ4v) is 2.80. The molecule has 0 aliphatic heterocycles. The lowest BCUT2D eigenvalue weighted by atomic mass is 10.1. The van der Waals surface area contributed by atoms with Crippen molar-refractivity contribution >= 4 is 38.6 Å². The molecule has 4 rings (SSSR count). The highest BCUT2D eigenvalue weighted by Crippen LogP contribution is 2.28. The van der Waals surface area contributed by atoms with Gasteiger partial charge in [-0.2, -0.15) is 0 Å². The van der Waals surface area contributed by atoms with Crippen LogP contribution in [0, 0.1) is 0 Å². The normalized spacial score (nSPS) is 10.8. The number of hydrogen-bond donors (Lipinski definition) is 2. The Morgan fingerprint density at radius 3 is 2.78 bits per heavy atom. The number of pyridine rings is 1. The maximum atomic E-state index is 4.61. The fourth-order valence-electron chi connectivity index (χ4n) is 2.42. The highest BCUT2D eigenvalue weighted by Gasteiger charge is 2.09. The third-order valence-electron chi connectivity index (χ3n) is 3.50. The third kappa shape index (κ3) is 2.68. The van der Waals surface area contributed by atoms with E-state index in [0.29, 0.717) is 5.95 Å². The summed E-state index contributed by atoms with van der Waals surface area (Å²) >= 11 is 3.51. The second-order valence-corrected chi connectivity index (χ2v) is 5.83. The quantitative estimate of drug-likeness (QED) is 0.559. The summed E-state index contributed by atoms with van der Waals surface area (Å²) in [6.45, 7) is 0. The number of para-hydroxylation sites is 1.